The van der Waals surface area contributed by atoms with Gasteiger partial charge in [-0.1, -0.05) is 75.8 Å². The summed E-state index contributed by atoms with van der Waals surface area (Å²) in [7, 11) is 0. The van der Waals surface area contributed by atoms with E-state index in [1.807, 2.05) is 13.1 Å². The minimum absolute atomic E-state index is 0.183. The molecule has 4 nitrogen and oxygen atoms in total. The summed E-state index contributed by atoms with van der Waals surface area (Å²) in [5.74, 6) is 1.07. The van der Waals surface area contributed by atoms with Crippen LogP contribution in [0.15, 0.2) is 6.20 Å². The molecule has 2 fully saturated rings. The first-order valence-electron chi connectivity index (χ1n) is 11.4. The summed E-state index contributed by atoms with van der Waals surface area (Å²) in [6, 6.07) is 0. The standard InChI is InChI=1S/C23H37ClN2O2/c1-19-25-17-21(22(24)26-19)20-12-10-8-6-4-2-3-5-7-9-11-13-23(16-20)18-27-14-15-28-23/h17,20H,2-16,18H2,1H3. The topological polar surface area (TPSA) is 44.2 Å². The van der Waals surface area contributed by atoms with E-state index in [9.17, 15) is 0 Å². The number of halogens is 1. The molecule has 0 aromatic carbocycles. The number of hydrogen-bond donors (Lipinski definition) is 0. The van der Waals surface area contributed by atoms with Crippen molar-refractivity contribution >= 4 is 11.6 Å². The number of hydrogen-bond acceptors (Lipinski definition) is 4. The average Bonchev–Trinajstić information content (AvgIpc) is 2.69. The van der Waals surface area contributed by atoms with Gasteiger partial charge in [0.05, 0.1) is 25.4 Å². The maximum atomic E-state index is 6.56. The van der Waals surface area contributed by atoms with Gasteiger partial charge in [0.15, 0.2) is 0 Å². The van der Waals surface area contributed by atoms with E-state index in [1.165, 1.54) is 64.2 Å². The highest BCUT2D eigenvalue weighted by atomic mass is 35.5. The first-order chi connectivity index (χ1) is 13.7. The Kier molecular flexibility index (Phi) is 9.01. The number of aryl methyl sites for hydroxylation is 1. The molecule has 1 aliphatic heterocycles. The molecule has 3 rings (SSSR count). The van der Waals surface area contributed by atoms with Gasteiger partial charge in [0, 0.05) is 11.8 Å². The molecule has 1 aromatic heterocycles. The first-order valence-corrected chi connectivity index (χ1v) is 11.8. The number of rotatable bonds is 1. The summed E-state index contributed by atoms with van der Waals surface area (Å²) in [6.07, 6.45) is 18.4. The Morgan fingerprint density at radius 3 is 2.29 bits per heavy atom. The minimum atomic E-state index is -0.183. The Hall–Kier alpha value is -0.710. The highest BCUT2D eigenvalue weighted by Crippen LogP contribution is 2.39. The normalized spacial score (nSPS) is 29.1. The van der Waals surface area contributed by atoms with Crippen molar-refractivity contribution in [3.05, 3.63) is 22.7 Å². The quantitative estimate of drug-likeness (QED) is 0.504. The molecule has 1 aliphatic carbocycles. The van der Waals surface area contributed by atoms with Crippen LogP contribution in [0.3, 0.4) is 0 Å². The molecule has 2 heterocycles. The Morgan fingerprint density at radius 1 is 0.964 bits per heavy atom. The number of ether oxygens (including phenoxy) is 2. The largest absolute Gasteiger partial charge is 0.376 e. The van der Waals surface area contributed by atoms with Gasteiger partial charge in [-0.05, 0) is 32.1 Å². The van der Waals surface area contributed by atoms with Crippen molar-refractivity contribution in [1.29, 1.82) is 0 Å². The van der Waals surface area contributed by atoms with Gasteiger partial charge >= 0.3 is 0 Å². The highest BCUT2D eigenvalue weighted by molar-refractivity contribution is 6.30. The van der Waals surface area contributed by atoms with E-state index < -0.39 is 0 Å². The molecule has 2 aliphatic rings. The van der Waals surface area contributed by atoms with Crippen LogP contribution in [0, 0.1) is 6.92 Å². The van der Waals surface area contributed by atoms with Crippen molar-refractivity contribution in [3.8, 4) is 0 Å². The van der Waals surface area contributed by atoms with Crippen LogP contribution in [0.5, 0.6) is 0 Å². The van der Waals surface area contributed by atoms with Gasteiger partial charge in [-0.25, -0.2) is 9.97 Å². The second-order valence-corrected chi connectivity index (χ2v) is 9.08. The van der Waals surface area contributed by atoms with Crippen molar-refractivity contribution in [2.24, 2.45) is 0 Å². The maximum Gasteiger partial charge on any atom is 0.136 e. The zero-order chi connectivity index (χ0) is 19.7. The van der Waals surface area contributed by atoms with Gasteiger partial charge in [-0.3, -0.25) is 0 Å². The van der Waals surface area contributed by atoms with Crippen LogP contribution in [-0.4, -0.2) is 35.4 Å². The fourth-order valence-corrected chi connectivity index (χ4v) is 5.10. The molecular weight excluding hydrogens is 372 g/mol. The lowest BCUT2D eigenvalue weighted by molar-refractivity contribution is -0.167. The van der Waals surface area contributed by atoms with Crippen LogP contribution in [0.2, 0.25) is 5.15 Å². The Labute approximate surface area is 175 Å². The predicted octanol–water partition coefficient (Wildman–Crippen LogP) is 6.39. The molecule has 1 saturated carbocycles. The zero-order valence-electron chi connectivity index (χ0n) is 17.6. The van der Waals surface area contributed by atoms with Crippen LogP contribution >= 0.6 is 11.6 Å². The van der Waals surface area contributed by atoms with E-state index >= 15 is 0 Å². The van der Waals surface area contributed by atoms with Crippen LogP contribution in [0.25, 0.3) is 0 Å². The molecule has 0 radical (unpaired) electrons. The molecule has 2 atom stereocenters. The molecule has 1 saturated heterocycles. The molecule has 2 unspecified atom stereocenters. The van der Waals surface area contributed by atoms with Gasteiger partial charge in [0.1, 0.15) is 11.0 Å². The third-order valence-corrected chi connectivity index (χ3v) is 6.69. The lowest BCUT2D eigenvalue weighted by Gasteiger charge is -2.40. The van der Waals surface area contributed by atoms with E-state index in [-0.39, 0.29) is 5.60 Å². The molecule has 1 aromatic rings. The summed E-state index contributed by atoms with van der Waals surface area (Å²) in [4.78, 5) is 8.88. The number of nitrogens with zero attached hydrogens (tertiary/aromatic N) is 2. The van der Waals surface area contributed by atoms with E-state index in [0.717, 1.165) is 30.7 Å². The van der Waals surface area contributed by atoms with E-state index in [2.05, 4.69) is 9.97 Å². The molecule has 1 spiro atoms. The fraction of sp³-hybridized carbons (Fsp3) is 0.826. The van der Waals surface area contributed by atoms with Crippen molar-refractivity contribution in [3.63, 3.8) is 0 Å². The van der Waals surface area contributed by atoms with Crippen molar-refractivity contribution in [2.75, 3.05) is 19.8 Å². The van der Waals surface area contributed by atoms with Crippen molar-refractivity contribution in [1.82, 2.24) is 9.97 Å². The van der Waals surface area contributed by atoms with Gasteiger partial charge < -0.3 is 9.47 Å². The highest BCUT2D eigenvalue weighted by Gasteiger charge is 2.37. The van der Waals surface area contributed by atoms with E-state index in [4.69, 9.17) is 21.1 Å². The van der Waals surface area contributed by atoms with Crippen molar-refractivity contribution < 1.29 is 9.47 Å². The molecular formula is C23H37ClN2O2. The van der Waals surface area contributed by atoms with E-state index in [0.29, 0.717) is 30.9 Å². The minimum Gasteiger partial charge on any atom is -0.376 e. The SMILES string of the molecule is Cc1ncc(C2CCCCCCCCCCCCC3(COCCO3)C2)c(Cl)n1. The molecule has 0 amide bonds. The fourth-order valence-electron chi connectivity index (χ4n) is 4.78. The average molecular weight is 409 g/mol. The lowest BCUT2D eigenvalue weighted by atomic mass is 9.81. The summed E-state index contributed by atoms with van der Waals surface area (Å²) in [6.45, 7) is 4.01. The van der Waals surface area contributed by atoms with Gasteiger partial charge in [0.2, 0.25) is 0 Å². The molecule has 5 heteroatoms. The van der Waals surface area contributed by atoms with E-state index in [1.54, 1.807) is 0 Å². The van der Waals surface area contributed by atoms with Crippen LogP contribution in [0.4, 0.5) is 0 Å². The smallest absolute Gasteiger partial charge is 0.136 e. The first kappa shape index (κ1) is 22.0. The predicted molar refractivity (Wildman–Crippen MR) is 114 cm³/mol. The molecule has 0 bridgehead atoms. The Bertz CT molecular complexity index is 590. The molecule has 28 heavy (non-hydrogen) atoms. The maximum absolute atomic E-state index is 6.56. The second kappa shape index (κ2) is 11.5. The molecule has 0 N–H and O–H groups in total. The monoisotopic (exact) mass is 408 g/mol. The van der Waals surface area contributed by atoms with Gasteiger partial charge in [-0.2, -0.15) is 0 Å². The lowest BCUT2D eigenvalue weighted by Crippen LogP contribution is -2.44. The van der Waals surface area contributed by atoms with Gasteiger partial charge in [0.25, 0.3) is 0 Å². The Morgan fingerprint density at radius 2 is 1.64 bits per heavy atom. The van der Waals surface area contributed by atoms with Crippen LogP contribution in [0.1, 0.15) is 101 Å². The zero-order valence-corrected chi connectivity index (χ0v) is 18.3. The third kappa shape index (κ3) is 6.67. The van der Waals surface area contributed by atoms with Crippen molar-refractivity contribution in [2.45, 2.75) is 102 Å². The van der Waals surface area contributed by atoms with Gasteiger partial charge in [-0.15, -0.1) is 0 Å². The summed E-state index contributed by atoms with van der Waals surface area (Å²) in [5.41, 5.74) is 0.905. The summed E-state index contributed by atoms with van der Waals surface area (Å²) in [5, 5.41) is 0.613. The third-order valence-electron chi connectivity index (χ3n) is 6.38. The summed E-state index contributed by atoms with van der Waals surface area (Å²) >= 11 is 6.56. The molecule has 158 valence electrons. The summed E-state index contributed by atoms with van der Waals surface area (Å²) < 4.78 is 12.3. The number of aromatic nitrogens is 2. The van der Waals surface area contributed by atoms with Crippen LogP contribution < -0.4 is 0 Å². The second-order valence-electron chi connectivity index (χ2n) is 8.72. The Balaban J connectivity index is 1.78. The van der Waals surface area contributed by atoms with Crippen LogP contribution in [-0.2, 0) is 9.47 Å².